The first-order chi connectivity index (χ1) is 11.7. The lowest BCUT2D eigenvalue weighted by molar-refractivity contribution is -0.130. The molecule has 126 valence electrons. The molecule has 1 heterocycles. The highest BCUT2D eigenvalue weighted by Crippen LogP contribution is 2.32. The molecule has 0 fully saturated rings. The van der Waals surface area contributed by atoms with Crippen LogP contribution >= 0.6 is 0 Å². The lowest BCUT2D eigenvalue weighted by Gasteiger charge is -2.21. The number of fused-ring (bicyclic) bond motifs is 1. The fraction of sp³-hybridized carbons (Fsp3) is 0.316. The highest BCUT2D eigenvalue weighted by atomic mass is 16.7. The van der Waals surface area contributed by atoms with Crippen LogP contribution in [0.25, 0.3) is 0 Å². The topological polar surface area (TPSA) is 48.0 Å². The van der Waals surface area contributed by atoms with E-state index in [0.717, 1.165) is 28.4 Å². The molecule has 3 rings (SSSR count). The number of methoxy groups -OCH3 is 1. The third-order valence-electron chi connectivity index (χ3n) is 4.03. The molecule has 0 aromatic heterocycles. The molecule has 5 heteroatoms. The summed E-state index contributed by atoms with van der Waals surface area (Å²) >= 11 is 0. The van der Waals surface area contributed by atoms with Crippen molar-refractivity contribution in [1.29, 1.82) is 0 Å². The maximum atomic E-state index is 12.6. The van der Waals surface area contributed by atoms with E-state index in [-0.39, 0.29) is 12.7 Å². The molecule has 2 aromatic carbocycles. The normalized spacial score (nSPS) is 12.1. The van der Waals surface area contributed by atoms with E-state index in [2.05, 4.69) is 0 Å². The molecular weight excluding hydrogens is 306 g/mol. The minimum absolute atomic E-state index is 0.0865. The summed E-state index contributed by atoms with van der Waals surface area (Å²) in [5, 5.41) is 0. The van der Waals surface area contributed by atoms with Crippen LogP contribution in [0.15, 0.2) is 42.5 Å². The monoisotopic (exact) mass is 327 g/mol. The molecule has 0 unspecified atom stereocenters. The van der Waals surface area contributed by atoms with Gasteiger partial charge in [0.2, 0.25) is 12.7 Å². The third kappa shape index (κ3) is 3.62. The van der Waals surface area contributed by atoms with Gasteiger partial charge in [-0.3, -0.25) is 4.79 Å². The van der Waals surface area contributed by atoms with Crippen molar-refractivity contribution in [3.05, 3.63) is 53.6 Å². The summed E-state index contributed by atoms with van der Waals surface area (Å²) in [5.74, 6) is 2.34. The number of benzene rings is 2. The Balaban J connectivity index is 1.67. The maximum Gasteiger partial charge on any atom is 0.231 e. The summed E-state index contributed by atoms with van der Waals surface area (Å²) in [6.45, 7) is 3.44. The van der Waals surface area contributed by atoms with Gasteiger partial charge in [-0.15, -0.1) is 0 Å². The molecule has 0 atom stereocenters. The highest BCUT2D eigenvalue weighted by molar-refractivity contribution is 5.79. The smallest absolute Gasteiger partial charge is 0.231 e. The quantitative estimate of drug-likeness (QED) is 0.818. The summed E-state index contributed by atoms with van der Waals surface area (Å²) in [6, 6.07) is 13.4. The van der Waals surface area contributed by atoms with Gasteiger partial charge in [0.1, 0.15) is 5.75 Å². The van der Waals surface area contributed by atoms with Gasteiger partial charge < -0.3 is 19.1 Å². The summed E-state index contributed by atoms with van der Waals surface area (Å²) in [5.41, 5.74) is 1.98. The molecule has 0 radical (unpaired) electrons. The van der Waals surface area contributed by atoms with Gasteiger partial charge in [-0.25, -0.2) is 0 Å². The Hall–Kier alpha value is -2.69. The van der Waals surface area contributed by atoms with Crippen LogP contribution < -0.4 is 14.2 Å². The molecule has 0 bridgehead atoms. The first kappa shape index (κ1) is 16.2. The van der Waals surface area contributed by atoms with Crippen LogP contribution in [0.4, 0.5) is 0 Å². The first-order valence-electron chi connectivity index (χ1n) is 7.99. The number of ether oxygens (including phenoxy) is 3. The zero-order valence-corrected chi connectivity index (χ0v) is 14.0. The number of carbonyl (C=O) groups is 1. The molecule has 0 aliphatic carbocycles. The molecule has 0 spiro atoms. The zero-order valence-electron chi connectivity index (χ0n) is 14.0. The SMILES string of the molecule is CCN(Cc1ccc2c(c1)OCO2)C(=O)Cc1cccc(OC)c1. The third-order valence-corrected chi connectivity index (χ3v) is 4.03. The van der Waals surface area contributed by atoms with Gasteiger partial charge in [-0.05, 0) is 42.3 Å². The fourth-order valence-electron chi connectivity index (χ4n) is 2.70. The van der Waals surface area contributed by atoms with Gasteiger partial charge in [0.05, 0.1) is 13.5 Å². The molecule has 1 aliphatic heterocycles. The lowest BCUT2D eigenvalue weighted by atomic mass is 10.1. The molecule has 1 aliphatic rings. The highest BCUT2D eigenvalue weighted by Gasteiger charge is 2.17. The summed E-state index contributed by atoms with van der Waals surface area (Å²) in [4.78, 5) is 14.4. The summed E-state index contributed by atoms with van der Waals surface area (Å²) in [7, 11) is 1.62. The van der Waals surface area contributed by atoms with Crippen LogP contribution in [-0.4, -0.2) is 31.3 Å². The second-order valence-electron chi connectivity index (χ2n) is 5.62. The van der Waals surface area contributed by atoms with Gasteiger partial charge in [0, 0.05) is 13.1 Å². The average molecular weight is 327 g/mol. The van der Waals surface area contributed by atoms with Crippen molar-refractivity contribution in [3.8, 4) is 17.2 Å². The lowest BCUT2D eigenvalue weighted by Crippen LogP contribution is -2.31. The van der Waals surface area contributed by atoms with Crippen LogP contribution in [0.2, 0.25) is 0 Å². The zero-order chi connectivity index (χ0) is 16.9. The van der Waals surface area contributed by atoms with Crippen molar-refractivity contribution in [2.75, 3.05) is 20.4 Å². The molecule has 1 amide bonds. The first-order valence-corrected chi connectivity index (χ1v) is 7.99. The Bertz CT molecular complexity index is 729. The van der Waals surface area contributed by atoms with Gasteiger partial charge in [0.15, 0.2) is 11.5 Å². The van der Waals surface area contributed by atoms with E-state index in [4.69, 9.17) is 14.2 Å². The van der Waals surface area contributed by atoms with Crippen molar-refractivity contribution in [3.63, 3.8) is 0 Å². The molecule has 2 aromatic rings. The van der Waals surface area contributed by atoms with E-state index in [1.165, 1.54) is 0 Å². The Morgan fingerprint density at radius 1 is 1.12 bits per heavy atom. The van der Waals surface area contributed by atoms with Gasteiger partial charge in [-0.1, -0.05) is 18.2 Å². The van der Waals surface area contributed by atoms with Crippen molar-refractivity contribution in [2.45, 2.75) is 19.9 Å². The number of hydrogen-bond acceptors (Lipinski definition) is 4. The van der Waals surface area contributed by atoms with Crippen molar-refractivity contribution >= 4 is 5.91 Å². The van der Waals surface area contributed by atoms with Crippen molar-refractivity contribution < 1.29 is 19.0 Å². The average Bonchev–Trinajstić information content (AvgIpc) is 3.07. The maximum absolute atomic E-state index is 12.6. The number of amides is 1. The van der Waals surface area contributed by atoms with E-state index in [9.17, 15) is 4.79 Å². The number of carbonyl (C=O) groups excluding carboxylic acids is 1. The number of hydrogen-bond donors (Lipinski definition) is 0. The minimum atomic E-state index is 0.0865. The number of likely N-dealkylation sites (N-methyl/N-ethyl adjacent to an activating group) is 1. The minimum Gasteiger partial charge on any atom is -0.497 e. The Kier molecular flexibility index (Phi) is 4.89. The van der Waals surface area contributed by atoms with E-state index in [1.807, 2.05) is 54.3 Å². The predicted molar refractivity (Wildman–Crippen MR) is 90.4 cm³/mol. The summed E-state index contributed by atoms with van der Waals surface area (Å²) in [6.07, 6.45) is 0.357. The van der Waals surface area contributed by atoms with Gasteiger partial charge >= 0.3 is 0 Å². The van der Waals surface area contributed by atoms with Crippen LogP contribution in [0.5, 0.6) is 17.2 Å². The fourth-order valence-corrected chi connectivity index (χ4v) is 2.70. The Morgan fingerprint density at radius 2 is 1.96 bits per heavy atom. The van der Waals surface area contributed by atoms with E-state index < -0.39 is 0 Å². The second kappa shape index (κ2) is 7.25. The molecule has 0 N–H and O–H groups in total. The Labute approximate surface area is 141 Å². The van der Waals surface area contributed by atoms with E-state index in [1.54, 1.807) is 7.11 Å². The molecular formula is C19H21NO4. The molecule has 5 nitrogen and oxygen atoms in total. The van der Waals surface area contributed by atoms with Gasteiger partial charge in [0.25, 0.3) is 0 Å². The van der Waals surface area contributed by atoms with Crippen molar-refractivity contribution in [1.82, 2.24) is 4.90 Å². The van der Waals surface area contributed by atoms with Crippen LogP contribution in [-0.2, 0) is 17.8 Å². The van der Waals surface area contributed by atoms with Crippen LogP contribution in [0.1, 0.15) is 18.1 Å². The standard InChI is InChI=1S/C19H21NO4/c1-3-20(12-15-7-8-17-18(10-15)24-13-23-17)19(21)11-14-5-4-6-16(9-14)22-2/h4-10H,3,11-13H2,1-2H3. The van der Waals surface area contributed by atoms with Crippen LogP contribution in [0, 0.1) is 0 Å². The molecule has 24 heavy (non-hydrogen) atoms. The van der Waals surface area contributed by atoms with E-state index >= 15 is 0 Å². The number of rotatable bonds is 6. The summed E-state index contributed by atoms with van der Waals surface area (Å²) < 4.78 is 15.9. The number of nitrogens with zero attached hydrogens (tertiary/aromatic N) is 1. The second-order valence-corrected chi connectivity index (χ2v) is 5.62. The van der Waals surface area contributed by atoms with Crippen LogP contribution in [0.3, 0.4) is 0 Å². The largest absolute Gasteiger partial charge is 0.497 e. The Morgan fingerprint density at radius 3 is 2.75 bits per heavy atom. The predicted octanol–water partition coefficient (Wildman–Crippen LogP) is 3.02. The molecule has 0 saturated carbocycles. The van der Waals surface area contributed by atoms with Crippen molar-refractivity contribution in [2.24, 2.45) is 0 Å². The van der Waals surface area contributed by atoms with Gasteiger partial charge in [-0.2, -0.15) is 0 Å². The van der Waals surface area contributed by atoms with E-state index in [0.29, 0.717) is 19.5 Å². The molecule has 0 saturated heterocycles.